The third-order valence-electron chi connectivity index (χ3n) is 7.19. The van der Waals surface area contributed by atoms with Gasteiger partial charge in [-0.1, -0.05) is 54.4 Å². The number of carbonyl (C=O) groups is 2. The van der Waals surface area contributed by atoms with Crippen LogP contribution < -0.4 is 14.4 Å². The number of carbonyl (C=O) groups excluding carboxylic acids is 2. The van der Waals surface area contributed by atoms with Crippen molar-refractivity contribution in [3.8, 4) is 5.75 Å². The lowest BCUT2D eigenvalue weighted by molar-refractivity contribution is -0.139. The molecule has 2 atom stereocenters. The number of rotatable bonds is 12. The number of hydrogen-bond acceptors (Lipinski definition) is 5. The fourth-order valence-corrected chi connectivity index (χ4v) is 5.89. The van der Waals surface area contributed by atoms with E-state index in [2.05, 4.69) is 5.32 Å². The Balaban J connectivity index is 2.05. The summed E-state index contributed by atoms with van der Waals surface area (Å²) in [6, 6.07) is 18.3. The molecule has 220 valence electrons. The van der Waals surface area contributed by atoms with E-state index in [1.54, 1.807) is 56.5 Å². The highest BCUT2D eigenvalue weighted by Gasteiger charge is 2.33. The Morgan fingerprint density at radius 3 is 2.07 bits per heavy atom. The Morgan fingerprint density at radius 2 is 1.51 bits per heavy atom. The van der Waals surface area contributed by atoms with E-state index in [1.165, 1.54) is 4.90 Å². The molecule has 0 saturated heterocycles. The number of nitrogens with zero attached hydrogens (tertiary/aromatic N) is 2. The molecule has 0 spiro atoms. The summed E-state index contributed by atoms with van der Waals surface area (Å²) in [5, 5.41) is 2.95. The molecule has 0 aliphatic carbocycles. The molecule has 0 bridgehead atoms. The highest BCUT2D eigenvalue weighted by atomic mass is 32.2. The van der Waals surface area contributed by atoms with Crippen molar-refractivity contribution in [3.63, 3.8) is 0 Å². The van der Waals surface area contributed by atoms with Crippen LogP contribution in [0.3, 0.4) is 0 Å². The average Bonchev–Trinajstić information content (AvgIpc) is 2.94. The summed E-state index contributed by atoms with van der Waals surface area (Å²) < 4.78 is 34.4. The van der Waals surface area contributed by atoms with Gasteiger partial charge in [-0.15, -0.1) is 0 Å². The Morgan fingerprint density at radius 1 is 0.902 bits per heavy atom. The van der Waals surface area contributed by atoms with E-state index < -0.39 is 28.5 Å². The van der Waals surface area contributed by atoms with Crippen molar-refractivity contribution in [2.75, 3.05) is 18.0 Å². The summed E-state index contributed by atoms with van der Waals surface area (Å²) in [4.78, 5) is 28.8. The summed E-state index contributed by atoms with van der Waals surface area (Å²) in [5.74, 6) is -0.136. The normalized spacial score (nSPS) is 12.8. The molecule has 3 aromatic rings. The van der Waals surface area contributed by atoms with Crippen molar-refractivity contribution in [1.29, 1.82) is 0 Å². The van der Waals surface area contributed by atoms with Gasteiger partial charge in [-0.25, -0.2) is 8.42 Å². The van der Waals surface area contributed by atoms with Crippen LogP contribution in [0.4, 0.5) is 5.69 Å². The number of sulfonamides is 1. The van der Waals surface area contributed by atoms with Gasteiger partial charge in [0.25, 0.3) is 10.0 Å². The first kappa shape index (κ1) is 31.7. The van der Waals surface area contributed by atoms with Gasteiger partial charge >= 0.3 is 0 Å². The van der Waals surface area contributed by atoms with Gasteiger partial charge in [-0.05, 0) is 82.5 Å². The highest BCUT2D eigenvalue weighted by Crippen LogP contribution is 2.28. The number of aryl methyl sites for hydroxylation is 3. The maximum Gasteiger partial charge on any atom is 0.264 e. The van der Waals surface area contributed by atoms with Crippen molar-refractivity contribution >= 4 is 27.5 Å². The van der Waals surface area contributed by atoms with Crippen LogP contribution in [0.5, 0.6) is 5.75 Å². The predicted molar refractivity (Wildman–Crippen MR) is 163 cm³/mol. The molecule has 41 heavy (non-hydrogen) atoms. The van der Waals surface area contributed by atoms with Crippen molar-refractivity contribution in [2.24, 2.45) is 0 Å². The zero-order valence-electron chi connectivity index (χ0n) is 25.0. The molecule has 3 rings (SSSR count). The van der Waals surface area contributed by atoms with Crippen molar-refractivity contribution in [3.05, 3.63) is 89.0 Å². The zero-order valence-corrected chi connectivity index (χ0v) is 25.8. The molecule has 2 unspecified atom stereocenters. The molecule has 0 radical (unpaired) electrons. The Labute approximate surface area is 244 Å². The molecule has 0 heterocycles. The maximum absolute atomic E-state index is 14.1. The number of anilines is 1. The fraction of sp³-hybridized carbons (Fsp3) is 0.375. The second-order valence-corrected chi connectivity index (χ2v) is 12.3. The smallest absolute Gasteiger partial charge is 0.264 e. The number of amides is 2. The summed E-state index contributed by atoms with van der Waals surface area (Å²) in [6.07, 6.45) is 0.736. The number of ether oxygens (including phenoxy) is 1. The third kappa shape index (κ3) is 7.88. The van der Waals surface area contributed by atoms with Crippen LogP contribution in [-0.4, -0.2) is 50.9 Å². The standard InChI is InChI=1S/C32H41N3O5S/c1-8-25(5)33-32(37)26(6)34(20-27-12-14-28(40-7)15-13-27)31(36)21-35(30-18-11-23(3)19-24(30)4)41(38,39)29-16-9-22(2)10-17-29/h9-19,25-26H,8,20-21H2,1-7H3,(H,33,37). The summed E-state index contributed by atoms with van der Waals surface area (Å²) in [6.45, 7) is 10.8. The lowest BCUT2D eigenvalue weighted by atomic mass is 10.1. The van der Waals surface area contributed by atoms with Crippen LogP contribution in [0, 0.1) is 20.8 Å². The average molecular weight is 580 g/mol. The summed E-state index contributed by atoms with van der Waals surface area (Å²) in [7, 11) is -2.55. The van der Waals surface area contributed by atoms with Gasteiger partial charge in [0.15, 0.2) is 0 Å². The van der Waals surface area contributed by atoms with Crippen LogP contribution in [0.15, 0.2) is 71.6 Å². The quantitative estimate of drug-likeness (QED) is 0.320. The second kappa shape index (κ2) is 13.7. The van der Waals surface area contributed by atoms with Gasteiger partial charge < -0.3 is 15.0 Å². The number of hydrogen-bond donors (Lipinski definition) is 1. The molecule has 0 fully saturated rings. The molecule has 8 nitrogen and oxygen atoms in total. The van der Waals surface area contributed by atoms with E-state index in [0.717, 1.165) is 33.0 Å². The van der Waals surface area contributed by atoms with E-state index in [1.807, 2.05) is 58.9 Å². The second-order valence-electron chi connectivity index (χ2n) is 10.5. The molecule has 0 aromatic heterocycles. The molecule has 3 aromatic carbocycles. The Hall–Kier alpha value is -3.85. The first-order chi connectivity index (χ1) is 19.4. The van der Waals surface area contributed by atoms with Crippen molar-refractivity contribution < 1.29 is 22.7 Å². The van der Waals surface area contributed by atoms with E-state index in [4.69, 9.17) is 4.74 Å². The third-order valence-corrected chi connectivity index (χ3v) is 8.96. The Kier molecular flexibility index (Phi) is 10.6. The minimum absolute atomic E-state index is 0.0727. The fourth-order valence-electron chi connectivity index (χ4n) is 4.41. The SMILES string of the molecule is CCC(C)NC(=O)C(C)N(Cc1ccc(OC)cc1)C(=O)CN(c1ccc(C)cc1C)S(=O)(=O)c1ccc(C)cc1. The summed E-state index contributed by atoms with van der Waals surface area (Å²) >= 11 is 0. The van der Waals surface area contributed by atoms with Gasteiger partial charge in [0, 0.05) is 12.6 Å². The number of nitrogens with one attached hydrogen (secondary N) is 1. The number of benzene rings is 3. The van der Waals surface area contributed by atoms with Crippen molar-refractivity contribution in [2.45, 2.75) is 71.5 Å². The van der Waals surface area contributed by atoms with E-state index in [9.17, 15) is 18.0 Å². The van der Waals surface area contributed by atoms with Crippen LogP contribution in [0.1, 0.15) is 49.4 Å². The zero-order chi connectivity index (χ0) is 30.3. The van der Waals surface area contributed by atoms with Gasteiger partial charge in [-0.3, -0.25) is 13.9 Å². The minimum Gasteiger partial charge on any atom is -0.497 e. The molecular weight excluding hydrogens is 538 g/mol. The monoisotopic (exact) mass is 579 g/mol. The van der Waals surface area contributed by atoms with Crippen LogP contribution >= 0.6 is 0 Å². The molecule has 0 aliphatic rings. The lowest BCUT2D eigenvalue weighted by Crippen LogP contribution is -2.52. The Bertz CT molecular complexity index is 1450. The van der Waals surface area contributed by atoms with Gasteiger partial charge in [0.1, 0.15) is 18.3 Å². The first-order valence-corrected chi connectivity index (χ1v) is 15.2. The molecular formula is C32H41N3O5S. The molecule has 1 N–H and O–H groups in total. The van der Waals surface area contributed by atoms with Crippen LogP contribution in [0.25, 0.3) is 0 Å². The molecule has 2 amide bonds. The first-order valence-electron chi connectivity index (χ1n) is 13.8. The number of methoxy groups -OCH3 is 1. The molecule has 0 saturated carbocycles. The largest absolute Gasteiger partial charge is 0.497 e. The summed E-state index contributed by atoms with van der Waals surface area (Å²) in [5.41, 5.74) is 3.80. The van der Waals surface area contributed by atoms with Crippen molar-refractivity contribution in [1.82, 2.24) is 10.2 Å². The highest BCUT2D eigenvalue weighted by molar-refractivity contribution is 7.92. The van der Waals surface area contributed by atoms with Crippen LogP contribution in [-0.2, 0) is 26.2 Å². The van der Waals surface area contributed by atoms with Gasteiger partial charge in [0.05, 0.1) is 17.7 Å². The van der Waals surface area contributed by atoms with Gasteiger partial charge in [-0.2, -0.15) is 0 Å². The van der Waals surface area contributed by atoms with Gasteiger partial charge in [0.2, 0.25) is 11.8 Å². The van der Waals surface area contributed by atoms with E-state index >= 15 is 0 Å². The van der Waals surface area contributed by atoms with E-state index in [-0.39, 0.29) is 23.4 Å². The maximum atomic E-state index is 14.1. The predicted octanol–water partition coefficient (Wildman–Crippen LogP) is 5.15. The van der Waals surface area contributed by atoms with E-state index in [0.29, 0.717) is 11.4 Å². The minimum atomic E-state index is -4.12. The molecule has 9 heteroatoms. The molecule has 0 aliphatic heterocycles. The lowest BCUT2D eigenvalue weighted by Gasteiger charge is -2.33. The van der Waals surface area contributed by atoms with Crippen LogP contribution in [0.2, 0.25) is 0 Å². The topological polar surface area (TPSA) is 96.0 Å².